The number of amides is 1. The maximum atomic E-state index is 13.3. The van der Waals surface area contributed by atoms with Gasteiger partial charge in [-0.2, -0.15) is 5.10 Å². The van der Waals surface area contributed by atoms with Crippen LogP contribution in [0.15, 0.2) is 53.6 Å². The molecule has 4 aliphatic carbocycles. The highest BCUT2D eigenvalue weighted by atomic mass is 16.5. The van der Waals surface area contributed by atoms with Crippen LogP contribution in [0.5, 0.6) is 11.5 Å². The molecule has 33 heavy (non-hydrogen) atoms. The Balaban J connectivity index is 1.24. The summed E-state index contributed by atoms with van der Waals surface area (Å²) in [7, 11) is 1.63. The van der Waals surface area contributed by atoms with Gasteiger partial charge in [-0.05, 0) is 84.6 Å². The molecule has 0 aliphatic heterocycles. The van der Waals surface area contributed by atoms with Crippen LogP contribution >= 0.6 is 0 Å². The standard InChI is InChI=1S/C28H34N2O3/c1-26-12-22-13-27(2,17-26)19-28(14-22,18-26)25(31)30-29-15-21-9-10-23(24(11-21)32-3)33-16-20-7-5-4-6-8-20/h4-11,15,22H,12-14,16-19H2,1-3H3,(H,30,31)/b29-15+. The number of methoxy groups -OCH3 is 1. The molecule has 0 heterocycles. The highest BCUT2D eigenvalue weighted by Crippen LogP contribution is 2.69. The largest absolute Gasteiger partial charge is 0.493 e. The van der Waals surface area contributed by atoms with E-state index in [2.05, 4.69) is 24.4 Å². The lowest BCUT2D eigenvalue weighted by Gasteiger charge is -2.64. The third kappa shape index (κ3) is 4.38. The molecule has 2 atom stereocenters. The molecule has 0 saturated heterocycles. The summed E-state index contributed by atoms with van der Waals surface area (Å²) in [5.41, 5.74) is 5.18. The van der Waals surface area contributed by atoms with Crippen LogP contribution < -0.4 is 14.9 Å². The van der Waals surface area contributed by atoms with E-state index in [1.54, 1.807) is 13.3 Å². The van der Waals surface area contributed by atoms with Crippen LogP contribution in [-0.2, 0) is 11.4 Å². The van der Waals surface area contributed by atoms with E-state index in [0.29, 0.717) is 34.9 Å². The summed E-state index contributed by atoms with van der Waals surface area (Å²) in [6.45, 7) is 5.24. The van der Waals surface area contributed by atoms with Crippen molar-refractivity contribution in [3.8, 4) is 11.5 Å². The molecule has 2 aromatic carbocycles. The molecule has 0 aromatic heterocycles. The van der Waals surface area contributed by atoms with Crippen LogP contribution in [-0.4, -0.2) is 19.2 Å². The number of carbonyl (C=O) groups excluding carboxylic acids is 1. The van der Waals surface area contributed by atoms with Gasteiger partial charge in [0.25, 0.3) is 0 Å². The number of nitrogens with one attached hydrogen (secondary N) is 1. The van der Waals surface area contributed by atoms with Crippen molar-refractivity contribution in [3.05, 3.63) is 59.7 Å². The van der Waals surface area contributed by atoms with E-state index < -0.39 is 0 Å². The predicted octanol–water partition coefficient (Wildman–Crippen LogP) is 5.72. The maximum Gasteiger partial charge on any atom is 0.246 e. The Kier molecular flexibility index (Phi) is 5.46. The molecule has 4 aliphatic rings. The van der Waals surface area contributed by atoms with Gasteiger partial charge in [-0.25, -0.2) is 5.43 Å². The number of hydrogen-bond acceptors (Lipinski definition) is 4. The highest BCUT2D eigenvalue weighted by Gasteiger charge is 2.62. The average molecular weight is 447 g/mol. The van der Waals surface area contributed by atoms with Crippen molar-refractivity contribution in [2.24, 2.45) is 27.3 Å². The van der Waals surface area contributed by atoms with E-state index in [9.17, 15) is 4.79 Å². The summed E-state index contributed by atoms with van der Waals surface area (Å²) in [4.78, 5) is 13.3. The van der Waals surface area contributed by atoms with Gasteiger partial charge < -0.3 is 9.47 Å². The van der Waals surface area contributed by atoms with Gasteiger partial charge in [-0.15, -0.1) is 0 Å². The van der Waals surface area contributed by atoms with E-state index >= 15 is 0 Å². The van der Waals surface area contributed by atoms with Crippen molar-refractivity contribution in [2.75, 3.05) is 7.11 Å². The second-order valence-corrected chi connectivity index (χ2v) is 11.3. The lowest BCUT2D eigenvalue weighted by Crippen LogP contribution is -2.59. The first-order chi connectivity index (χ1) is 15.8. The fourth-order valence-corrected chi connectivity index (χ4v) is 7.60. The van der Waals surface area contributed by atoms with Crippen molar-refractivity contribution in [1.29, 1.82) is 0 Å². The zero-order valence-corrected chi connectivity index (χ0v) is 19.9. The van der Waals surface area contributed by atoms with Crippen LogP contribution in [0.2, 0.25) is 0 Å². The van der Waals surface area contributed by atoms with E-state index in [0.717, 1.165) is 30.4 Å². The van der Waals surface area contributed by atoms with Crippen LogP contribution in [0.25, 0.3) is 0 Å². The Bertz CT molecular complexity index is 1050. The second-order valence-electron chi connectivity index (χ2n) is 11.3. The van der Waals surface area contributed by atoms with Crippen LogP contribution in [0, 0.1) is 22.2 Å². The molecular weight excluding hydrogens is 412 g/mol. The molecule has 174 valence electrons. The molecular formula is C28H34N2O3. The summed E-state index contributed by atoms with van der Waals surface area (Å²) < 4.78 is 11.4. The molecule has 4 fully saturated rings. The molecule has 2 unspecified atom stereocenters. The van der Waals surface area contributed by atoms with Crippen LogP contribution in [0.4, 0.5) is 0 Å². The van der Waals surface area contributed by atoms with E-state index in [1.165, 1.54) is 19.3 Å². The smallest absolute Gasteiger partial charge is 0.246 e. The maximum absolute atomic E-state index is 13.3. The third-order valence-electron chi connectivity index (χ3n) is 7.91. The Morgan fingerprint density at radius 3 is 2.42 bits per heavy atom. The Hall–Kier alpha value is -2.82. The van der Waals surface area contributed by atoms with Gasteiger partial charge in [-0.3, -0.25) is 4.79 Å². The first-order valence-corrected chi connectivity index (χ1v) is 12.0. The van der Waals surface area contributed by atoms with E-state index in [-0.39, 0.29) is 11.3 Å². The molecule has 5 nitrogen and oxygen atoms in total. The van der Waals surface area contributed by atoms with Gasteiger partial charge >= 0.3 is 0 Å². The Labute approximate surface area is 196 Å². The van der Waals surface area contributed by atoms with Crippen molar-refractivity contribution in [3.63, 3.8) is 0 Å². The SMILES string of the molecule is COc1cc(/C=N/NC(=O)C23CC4CC(C)(CC(C)(C4)C2)C3)ccc1OCc1ccccc1. The van der Waals surface area contributed by atoms with E-state index in [1.807, 2.05) is 48.5 Å². The second kappa shape index (κ2) is 8.19. The minimum Gasteiger partial charge on any atom is -0.493 e. The summed E-state index contributed by atoms with van der Waals surface area (Å²) in [6, 6.07) is 15.7. The average Bonchev–Trinajstić information content (AvgIpc) is 2.76. The molecule has 1 amide bonds. The van der Waals surface area contributed by atoms with Gasteiger partial charge in [0.15, 0.2) is 11.5 Å². The molecule has 0 radical (unpaired) electrons. The minimum atomic E-state index is -0.257. The van der Waals surface area contributed by atoms with Gasteiger partial charge in [0.2, 0.25) is 5.91 Å². The fraction of sp³-hybridized carbons (Fsp3) is 0.500. The van der Waals surface area contributed by atoms with Crippen molar-refractivity contribution >= 4 is 12.1 Å². The quantitative estimate of drug-likeness (QED) is 0.437. The molecule has 4 saturated carbocycles. The first kappa shape index (κ1) is 22.0. The number of rotatable bonds is 7. The number of hydrazone groups is 1. The zero-order chi connectivity index (χ0) is 23.1. The zero-order valence-electron chi connectivity index (χ0n) is 19.9. The predicted molar refractivity (Wildman–Crippen MR) is 129 cm³/mol. The number of ether oxygens (including phenoxy) is 2. The highest BCUT2D eigenvalue weighted by molar-refractivity contribution is 5.86. The molecule has 4 bridgehead atoms. The van der Waals surface area contributed by atoms with Gasteiger partial charge in [0.1, 0.15) is 6.61 Å². The normalized spacial score (nSPS) is 32.2. The number of benzene rings is 2. The van der Waals surface area contributed by atoms with Gasteiger partial charge in [-0.1, -0.05) is 44.2 Å². The first-order valence-electron chi connectivity index (χ1n) is 12.0. The summed E-state index contributed by atoms with van der Waals surface area (Å²) in [5, 5.41) is 4.32. The number of hydrogen-bond donors (Lipinski definition) is 1. The summed E-state index contributed by atoms with van der Waals surface area (Å²) in [5.74, 6) is 2.09. The van der Waals surface area contributed by atoms with E-state index in [4.69, 9.17) is 9.47 Å². The summed E-state index contributed by atoms with van der Waals surface area (Å²) in [6.07, 6.45) is 8.50. The molecule has 2 aromatic rings. The lowest BCUT2D eigenvalue weighted by molar-refractivity contribution is -0.170. The van der Waals surface area contributed by atoms with Crippen LogP contribution in [0.1, 0.15) is 63.5 Å². The summed E-state index contributed by atoms with van der Waals surface area (Å²) >= 11 is 0. The Morgan fingerprint density at radius 2 is 1.76 bits per heavy atom. The monoisotopic (exact) mass is 446 g/mol. The third-order valence-corrected chi connectivity index (χ3v) is 7.91. The van der Waals surface area contributed by atoms with Crippen molar-refractivity contribution in [1.82, 2.24) is 5.43 Å². The molecule has 1 N–H and O–H groups in total. The van der Waals surface area contributed by atoms with Gasteiger partial charge in [0.05, 0.1) is 18.7 Å². The Morgan fingerprint density at radius 1 is 1.03 bits per heavy atom. The number of carbonyl (C=O) groups is 1. The van der Waals surface area contributed by atoms with Crippen molar-refractivity contribution in [2.45, 2.75) is 59.0 Å². The minimum absolute atomic E-state index is 0.0927. The molecule has 6 rings (SSSR count). The van der Waals surface area contributed by atoms with Crippen molar-refractivity contribution < 1.29 is 14.3 Å². The topological polar surface area (TPSA) is 59.9 Å². The van der Waals surface area contributed by atoms with Crippen LogP contribution in [0.3, 0.4) is 0 Å². The number of nitrogens with zero attached hydrogens (tertiary/aromatic N) is 1. The fourth-order valence-electron chi connectivity index (χ4n) is 7.60. The molecule has 0 spiro atoms. The van der Waals surface area contributed by atoms with Gasteiger partial charge in [0, 0.05) is 0 Å². The lowest BCUT2D eigenvalue weighted by atomic mass is 9.40. The molecule has 5 heteroatoms.